The zero-order chi connectivity index (χ0) is 9.97. The molecule has 4 nitrogen and oxygen atoms in total. The Labute approximate surface area is 82.4 Å². The van der Waals surface area contributed by atoms with Crippen LogP contribution in [0.4, 0.5) is 5.82 Å². The van der Waals surface area contributed by atoms with E-state index in [9.17, 15) is 0 Å². The zero-order valence-electron chi connectivity index (χ0n) is 8.20. The van der Waals surface area contributed by atoms with Gasteiger partial charge < -0.3 is 10.3 Å². The van der Waals surface area contributed by atoms with Crippen molar-refractivity contribution in [2.45, 2.75) is 6.92 Å². The van der Waals surface area contributed by atoms with Gasteiger partial charge in [-0.05, 0) is 30.7 Å². The SMILES string of the molecule is CNc1nnc(-c2ccc[nH]2)cc1C. The molecule has 0 saturated heterocycles. The lowest BCUT2D eigenvalue weighted by molar-refractivity contribution is 1.02. The molecule has 0 fully saturated rings. The van der Waals surface area contributed by atoms with E-state index in [-0.39, 0.29) is 0 Å². The highest BCUT2D eigenvalue weighted by Gasteiger charge is 2.03. The molecule has 2 N–H and O–H groups in total. The van der Waals surface area contributed by atoms with Crippen LogP contribution in [0.25, 0.3) is 11.4 Å². The Morgan fingerprint density at radius 3 is 2.79 bits per heavy atom. The summed E-state index contributed by atoms with van der Waals surface area (Å²) in [6.45, 7) is 2.01. The Hall–Kier alpha value is -1.84. The summed E-state index contributed by atoms with van der Waals surface area (Å²) in [6, 6.07) is 5.92. The molecule has 0 saturated carbocycles. The highest BCUT2D eigenvalue weighted by Crippen LogP contribution is 2.17. The number of nitrogens with zero attached hydrogens (tertiary/aromatic N) is 2. The number of H-pyrrole nitrogens is 1. The highest BCUT2D eigenvalue weighted by molar-refractivity contribution is 5.57. The van der Waals surface area contributed by atoms with E-state index in [4.69, 9.17) is 0 Å². The molecule has 14 heavy (non-hydrogen) atoms. The Morgan fingerprint density at radius 1 is 1.36 bits per heavy atom. The van der Waals surface area contributed by atoms with Crippen LogP contribution in [-0.2, 0) is 0 Å². The maximum atomic E-state index is 4.11. The quantitative estimate of drug-likeness (QED) is 0.755. The maximum Gasteiger partial charge on any atom is 0.151 e. The van der Waals surface area contributed by atoms with E-state index in [1.165, 1.54) is 0 Å². The standard InChI is InChI=1S/C10H12N4/c1-7-6-9(8-4-3-5-12-8)13-14-10(7)11-2/h3-6,12H,1-2H3,(H,11,14). The molecule has 0 unspecified atom stereocenters. The Morgan fingerprint density at radius 2 is 2.21 bits per heavy atom. The molecule has 0 aromatic carbocycles. The van der Waals surface area contributed by atoms with Gasteiger partial charge in [0, 0.05) is 13.2 Å². The van der Waals surface area contributed by atoms with Gasteiger partial charge in [-0.15, -0.1) is 10.2 Å². The fourth-order valence-electron chi connectivity index (χ4n) is 1.35. The van der Waals surface area contributed by atoms with Crippen LogP contribution in [0.5, 0.6) is 0 Å². The van der Waals surface area contributed by atoms with Crippen molar-refractivity contribution < 1.29 is 0 Å². The summed E-state index contributed by atoms with van der Waals surface area (Å²) in [5, 5.41) is 11.2. The number of rotatable bonds is 2. The van der Waals surface area contributed by atoms with Crippen LogP contribution in [0.15, 0.2) is 24.4 Å². The molecule has 2 rings (SSSR count). The Kier molecular flexibility index (Phi) is 2.18. The van der Waals surface area contributed by atoms with Gasteiger partial charge in [0.1, 0.15) is 5.69 Å². The molecule has 0 spiro atoms. The molecular weight excluding hydrogens is 176 g/mol. The molecule has 0 aliphatic carbocycles. The normalized spacial score (nSPS) is 10.1. The summed E-state index contributed by atoms with van der Waals surface area (Å²) in [5.41, 5.74) is 2.95. The summed E-state index contributed by atoms with van der Waals surface area (Å²) >= 11 is 0. The number of aromatic nitrogens is 3. The van der Waals surface area contributed by atoms with E-state index in [2.05, 4.69) is 20.5 Å². The van der Waals surface area contributed by atoms with Crippen LogP contribution >= 0.6 is 0 Å². The minimum absolute atomic E-state index is 0.820. The summed E-state index contributed by atoms with van der Waals surface area (Å²) < 4.78 is 0. The van der Waals surface area contributed by atoms with Crippen LogP contribution in [0.2, 0.25) is 0 Å². The number of aromatic amines is 1. The molecule has 2 heterocycles. The lowest BCUT2D eigenvalue weighted by Crippen LogP contribution is -1.98. The van der Waals surface area contributed by atoms with Crippen molar-refractivity contribution in [1.29, 1.82) is 0 Å². The molecule has 0 amide bonds. The average Bonchev–Trinajstić information content (AvgIpc) is 2.70. The third-order valence-electron chi connectivity index (χ3n) is 2.10. The van der Waals surface area contributed by atoms with Crippen molar-refractivity contribution in [1.82, 2.24) is 15.2 Å². The van der Waals surface area contributed by atoms with Crippen LogP contribution < -0.4 is 5.32 Å². The fraction of sp³-hybridized carbons (Fsp3) is 0.200. The summed E-state index contributed by atoms with van der Waals surface area (Å²) in [6.07, 6.45) is 1.87. The van der Waals surface area contributed by atoms with Gasteiger partial charge in [-0.2, -0.15) is 0 Å². The lowest BCUT2D eigenvalue weighted by Gasteiger charge is -2.03. The first-order valence-electron chi connectivity index (χ1n) is 4.47. The van der Waals surface area contributed by atoms with Gasteiger partial charge in [0.25, 0.3) is 0 Å². The van der Waals surface area contributed by atoms with E-state index < -0.39 is 0 Å². The van der Waals surface area contributed by atoms with Crippen LogP contribution in [0.3, 0.4) is 0 Å². The Bertz CT molecular complexity index is 420. The second-order valence-corrected chi connectivity index (χ2v) is 3.09. The minimum atomic E-state index is 0.820. The van der Waals surface area contributed by atoms with Crippen molar-refractivity contribution >= 4 is 5.82 Å². The molecule has 2 aromatic heterocycles. The van der Waals surface area contributed by atoms with E-state index in [0.717, 1.165) is 22.8 Å². The first-order chi connectivity index (χ1) is 6.81. The molecule has 2 aromatic rings. The molecule has 0 bridgehead atoms. The maximum absolute atomic E-state index is 4.11. The number of aryl methyl sites for hydroxylation is 1. The van der Waals surface area contributed by atoms with Gasteiger partial charge in [-0.3, -0.25) is 0 Å². The zero-order valence-corrected chi connectivity index (χ0v) is 8.20. The van der Waals surface area contributed by atoms with E-state index in [0.29, 0.717) is 0 Å². The van der Waals surface area contributed by atoms with Gasteiger partial charge in [0.05, 0.1) is 5.69 Å². The summed E-state index contributed by atoms with van der Waals surface area (Å²) in [5.74, 6) is 0.820. The molecule has 0 aliphatic rings. The molecule has 0 radical (unpaired) electrons. The lowest BCUT2D eigenvalue weighted by atomic mass is 10.2. The van der Waals surface area contributed by atoms with E-state index >= 15 is 0 Å². The summed E-state index contributed by atoms with van der Waals surface area (Å²) in [4.78, 5) is 3.10. The van der Waals surface area contributed by atoms with Crippen molar-refractivity contribution in [3.63, 3.8) is 0 Å². The molecule has 72 valence electrons. The van der Waals surface area contributed by atoms with Gasteiger partial charge in [0.15, 0.2) is 5.82 Å². The van der Waals surface area contributed by atoms with Crippen molar-refractivity contribution in [3.05, 3.63) is 30.0 Å². The monoisotopic (exact) mass is 188 g/mol. The Balaban J connectivity index is 2.43. The molecule has 0 aliphatic heterocycles. The summed E-state index contributed by atoms with van der Waals surface area (Å²) in [7, 11) is 1.84. The van der Waals surface area contributed by atoms with E-state index in [1.54, 1.807) is 0 Å². The van der Waals surface area contributed by atoms with Crippen molar-refractivity contribution in [2.75, 3.05) is 12.4 Å². The molecule has 0 atom stereocenters. The second kappa shape index (κ2) is 3.49. The smallest absolute Gasteiger partial charge is 0.151 e. The molecular formula is C10H12N4. The minimum Gasteiger partial charge on any atom is -0.371 e. The number of anilines is 1. The fourth-order valence-corrected chi connectivity index (χ4v) is 1.35. The second-order valence-electron chi connectivity index (χ2n) is 3.09. The number of hydrogen-bond donors (Lipinski definition) is 2. The largest absolute Gasteiger partial charge is 0.371 e. The topological polar surface area (TPSA) is 53.6 Å². The third-order valence-corrected chi connectivity index (χ3v) is 2.10. The third kappa shape index (κ3) is 1.46. The van der Waals surface area contributed by atoms with Crippen molar-refractivity contribution in [3.8, 4) is 11.4 Å². The molecule has 4 heteroatoms. The van der Waals surface area contributed by atoms with Gasteiger partial charge in [-0.1, -0.05) is 0 Å². The van der Waals surface area contributed by atoms with Crippen LogP contribution in [-0.4, -0.2) is 22.2 Å². The van der Waals surface area contributed by atoms with Gasteiger partial charge in [0.2, 0.25) is 0 Å². The van der Waals surface area contributed by atoms with Crippen molar-refractivity contribution in [2.24, 2.45) is 0 Å². The predicted molar refractivity (Wildman–Crippen MR) is 56.1 cm³/mol. The van der Waals surface area contributed by atoms with Crippen LogP contribution in [0.1, 0.15) is 5.56 Å². The van der Waals surface area contributed by atoms with Gasteiger partial charge >= 0.3 is 0 Å². The predicted octanol–water partition coefficient (Wildman–Crippen LogP) is 1.82. The average molecular weight is 188 g/mol. The van der Waals surface area contributed by atoms with Gasteiger partial charge in [-0.25, -0.2) is 0 Å². The number of nitrogens with one attached hydrogen (secondary N) is 2. The van der Waals surface area contributed by atoms with Crippen LogP contribution in [0, 0.1) is 6.92 Å². The van der Waals surface area contributed by atoms with E-state index in [1.807, 2.05) is 38.4 Å². The first-order valence-corrected chi connectivity index (χ1v) is 4.47. The first kappa shape index (κ1) is 8.74. The highest BCUT2D eigenvalue weighted by atomic mass is 15.2. The number of hydrogen-bond acceptors (Lipinski definition) is 3.